The minimum atomic E-state index is -1.53. The molecule has 5 nitrogen and oxygen atoms in total. The second-order valence-electron chi connectivity index (χ2n) is 0.448. The lowest BCUT2D eigenvalue weighted by Gasteiger charge is -1.74. The Bertz CT molecular complexity index is 67.9. The summed E-state index contributed by atoms with van der Waals surface area (Å²) in [6.07, 6.45) is -1.53. The van der Waals surface area contributed by atoms with Gasteiger partial charge in [0.15, 0.2) is 0 Å². The molecule has 6 heavy (non-hydrogen) atoms. The predicted molar refractivity (Wildman–Crippen MR) is 14.9 cm³/mol. The molecule has 0 aliphatic carbocycles. The van der Waals surface area contributed by atoms with Gasteiger partial charge in [-0.3, -0.25) is 4.89 Å². The molecule has 0 aromatic heterocycles. The Morgan fingerprint density at radius 1 is 1.83 bits per heavy atom. The van der Waals surface area contributed by atoms with Gasteiger partial charge in [0, 0.05) is 0 Å². The van der Waals surface area contributed by atoms with Crippen LogP contribution in [0.25, 0.3) is 0 Å². The van der Waals surface area contributed by atoms with Crippen LogP contribution in [0.4, 0.5) is 4.79 Å². The Labute approximate surface area is 32.4 Å². The van der Waals surface area contributed by atoms with Gasteiger partial charge in [0.05, 0.1) is 5.18 Å². The first-order valence-corrected chi connectivity index (χ1v) is 0.997. The molecule has 0 aliphatic heterocycles. The van der Waals surface area contributed by atoms with Gasteiger partial charge in [-0.05, 0) is 0 Å². The summed E-state index contributed by atoms with van der Waals surface area (Å²) in [6, 6.07) is 0. The van der Waals surface area contributed by atoms with Crippen molar-refractivity contribution >= 4 is 6.09 Å². The molecular formula is CHNO4. The van der Waals surface area contributed by atoms with Crippen LogP contribution in [0.15, 0.2) is 5.18 Å². The first kappa shape index (κ1) is 5.03. The summed E-state index contributed by atoms with van der Waals surface area (Å²) in [7, 11) is 0. The fourth-order valence-electron chi connectivity index (χ4n) is 0.0167. The van der Waals surface area contributed by atoms with Crippen LogP contribution in [0.2, 0.25) is 0 Å². The van der Waals surface area contributed by atoms with Crippen LogP contribution in [0.3, 0.4) is 0 Å². The lowest BCUT2D eigenvalue weighted by molar-refractivity contribution is -0.174. The van der Waals surface area contributed by atoms with Crippen LogP contribution >= 0.6 is 0 Å². The number of carbonyl (C=O) groups is 1. The number of amides is 1. The summed E-state index contributed by atoms with van der Waals surface area (Å²) in [5.41, 5.74) is 0. The average Bonchev–Trinajstić information content (AvgIpc) is 1.65. The summed E-state index contributed by atoms with van der Waals surface area (Å²) in [5.74, 6) is 0. The first-order chi connectivity index (χ1) is 2.81. The van der Waals surface area contributed by atoms with E-state index in [2.05, 4.69) is 4.89 Å². The van der Waals surface area contributed by atoms with E-state index in [4.69, 9.17) is 10.2 Å². The molecule has 0 radical (unpaired) electrons. The summed E-state index contributed by atoms with van der Waals surface area (Å²) in [4.78, 5) is 20.9. The van der Waals surface area contributed by atoms with Crippen LogP contribution in [0.1, 0.15) is 0 Å². The molecule has 0 saturated carbocycles. The van der Waals surface area contributed by atoms with Gasteiger partial charge >= 0.3 is 6.09 Å². The number of nitrogens with zero attached hydrogens (tertiary/aromatic N) is 1. The highest BCUT2D eigenvalue weighted by molar-refractivity contribution is 5.66. The number of rotatable bonds is 0. The minimum Gasteiger partial charge on any atom is -0.274 e. The highest BCUT2D eigenvalue weighted by Gasteiger charge is 1.93. The van der Waals surface area contributed by atoms with Crippen LogP contribution in [0.5, 0.6) is 0 Å². The van der Waals surface area contributed by atoms with Crippen LogP contribution in [-0.2, 0) is 4.89 Å². The number of hydrogen-bond donors (Lipinski definition) is 1. The highest BCUT2D eigenvalue weighted by Crippen LogP contribution is 1.72. The molecule has 0 heterocycles. The largest absolute Gasteiger partial charge is 0.501 e. The lowest BCUT2D eigenvalue weighted by atomic mass is 11.3. The Hall–Kier alpha value is -0.970. The van der Waals surface area contributed by atoms with E-state index in [9.17, 15) is 4.79 Å². The summed E-state index contributed by atoms with van der Waals surface area (Å²) in [6.45, 7) is 0. The molecule has 0 rings (SSSR count). The van der Waals surface area contributed by atoms with E-state index in [1.807, 2.05) is 0 Å². The molecule has 0 aliphatic rings. The van der Waals surface area contributed by atoms with Gasteiger partial charge in [0.1, 0.15) is 0 Å². The van der Waals surface area contributed by atoms with Crippen molar-refractivity contribution in [3.8, 4) is 0 Å². The fourth-order valence-corrected chi connectivity index (χ4v) is 0.0167. The van der Waals surface area contributed by atoms with Crippen molar-refractivity contribution in [2.45, 2.75) is 0 Å². The minimum absolute atomic E-state index is 1.53. The fraction of sp³-hybridized carbons (Fsp3) is 0. The van der Waals surface area contributed by atoms with E-state index < -0.39 is 6.09 Å². The molecule has 34 valence electrons. The summed E-state index contributed by atoms with van der Waals surface area (Å²) < 4.78 is 0. The van der Waals surface area contributed by atoms with Gasteiger partial charge < -0.3 is 0 Å². The maximum absolute atomic E-state index is 9.23. The average molecular weight is 91.0 g/mol. The topological polar surface area (TPSA) is 76.0 Å². The molecule has 0 fully saturated rings. The molecule has 0 saturated heterocycles. The Morgan fingerprint density at radius 3 is 2.33 bits per heavy atom. The van der Waals surface area contributed by atoms with Crippen molar-refractivity contribution in [1.82, 2.24) is 0 Å². The van der Waals surface area contributed by atoms with E-state index in [1.54, 1.807) is 5.18 Å². The number of carbonyl (C=O) groups excluding carboxylic acids is 1. The molecule has 0 unspecified atom stereocenters. The molecule has 0 spiro atoms. The van der Waals surface area contributed by atoms with Crippen molar-refractivity contribution < 1.29 is 14.9 Å². The maximum atomic E-state index is 9.23. The van der Waals surface area contributed by atoms with E-state index in [1.165, 1.54) is 0 Å². The van der Waals surface area contributed by atoms with Gasteiger partial charge in [-0.2, -0.15) is 5.26 Å². The van der Waals surface area contributed by atoms with Gasteiger partial charge in [-0.25, -0.2) is 4.79 Å². The summed E-state index contributed by atoms with van der Waals surface area (Å²) >= 11 is 0. The Kier molecular flexibility index (Phi) is 1.91. The van der Waals surface area contributed by atoms with Crippen molar-refractivity contribution in [3.05, 3.63) is 4.91 Å². The summed E-state index contributed by atoms with van der Waals surface area (Å²) in [5, 5.41) is 8.84. The van der Waals surface area contributed by atoms with Gasteiger partial charge in [-0.15, -0.1) is 4.91 Å². The molecule has 0 atom stereocenters. The first-order valence-electron chi connectivity index (χ1n) is 0.997. The third-order valence-electron chi connectivity index (χ3n) is 0.153. The third-order valence-corrected chi connectivity index (χ3v) is 0.153. The molecule has 0 aromatic rings. The van der Waals surface area contributed by atoms with E-state index in [0.29, 0.717) is 0 Å². The highest BCUT2D eigenvalue weighted by atomic mass is 17.1. The van der Waals surface area contributed by atoms with Crippen molar-refractivity contribution in [2.75, 3.05) is 0 Å². The maximum Gasteiger partial charge on any atom is 0.501 e. The van der Waals surface area contributed by atoms with E-state index in [-0.39, 0.29) is 0 Å². The zero-order chi connectivity index (χ0) is 4.99. The second kappa shape index (κ2) is 2.28. The number of nitroso groups, excluding NO2 is 1. The van der Waals surface area contributed by atoms with Crippen LogP contribution < -0.4 is 0 Å². The Balaban J connectivity index is 3.23. The molecule has 1 N–H and O–H groups in total. The predicted octanol–water partition coefficient (Wildman–Crippen LogP) is 0.362. The SMILES string of the molecule is O=NC(=O)OO. The van der Waals surface area contributed by atoms with Crippen LogP contribution in [0, 0.1) is 4.91 Å². The van der Waals surface area contributed by atoms with Gasteiger partial charge in [0.25, 0.3) is 0 Å². The molecule has 0 bridgehead atoms. The smallest absolute Gasteiger partial charge is 0.274 e. The van der Waals surface area contributed by atoms with Crippen molar-refractivity contribution in [3.63, 3.8) is 0 Å². The quantitative estimate of drug-likeness (QED) is 0.265. The van der Waals surface area contributed by atoms with Crippen molar-refractivity contribution in [2.24, 2.45) is 5.18 Å². The third kappa shape index (κ3) is 1.36. The zero-order valence-electron chi connectivity index (χ0n) is 2.62. The molecule has 1 amide bonds. The lowest BCUT2D eigenvalue weighted by Crippen LogP contribution is -1.88. The van der Waals surface area contributed by atoms with Crippen molar-refractivity contribution in [1.29, 1.82) is 0 Å². The second-order valence-corrected chi connectivity index (χ2v) is 0.448. The molecule has 0 aromatic carbocycles. The standard InChI is InChI=1S/CHNO4/c3-1(2-4)6-5/h5H. The normalized spacial score (nSPS) is 6.83. The van der Waals surface area contributed by atoms with E-state index >= 15 is 0 Å². The molecular weight excluding hydrogens is 90.0 g/mol. The molecule has 5 heteroatoms. The van der Waals surface area contributed by atoms with Gasteiger partial charge in [0.2, 0.25) is 0 Å². The monoisotopic (exact) mass is 91.0 g/mol. The zero-order valence-corrected chi connectivity index (χ0v) is 2.62. The van der Waals surface area contributed by atoms with Gasteiger partial charge in [-0.1, -0.05) is 0 Å². The number of hydrogen-bond acceptors (Lipinski definition) is 4. The Morgan fingerprint density at radius 2 is 2.33 bits per heavy atom. The van der Waals surface area contributed by atoms with Crippen LogP contribution in [-0.4, -0.2) is 11.4 Å². The van der Waals surface area contributed by atoms with E-state index in [0.717, 1.165) is 0 Å².